The minimum Gasteiger partial charge on any atom is -0.545 e. The van der Waals surface area contributed by atoms with Crippen molar-refractivity contribution in [2.45, 2.75) is 461 Å². The fourth-order valence-electron chi connectivity index (χ4n) is 15.3. The molecule has 4 aromatic carbocycles. The maximum atomic E-state index is 10.7. The van der Waals surface area contributed by atoms with E-state index in [-0.39, 0.29) is 27.6 Å². The number of rotatable bonds is 64. The summed E-state index contributed by atoms with van der Waals surface area (Å²) in [4.78, 5) is 32.4. The van der Waals surface area contributed by atoms with Gasteiger partial charge in [-0.2, -0.15) is 0 Å². The van der Waals surface area contributed by atoms with Gasteiger partial charge < -0.3 is 40.2 Å². The Balaban J connectivity index is 0.00000185. The zero-order valence-corrected chi connectivity index (χ0v) is 75.4. The first-order chi connectivity index (χ1) is 55.0. The third-order valence-corrected chi connectivity index (χ3v) is 22.5. The first-order valence-corrected chi connectivity index (χ1v) is 47.0. The van der Waals surface area contributed by atoms with Crippen LogP contribution in [0, 0.1) is 37.5 Å². The Labute approximate surface area is 708 Å². The summed E-state index contributed by atoms with van der Waals surface area (Å²) in [6, 6.07) is 17.1. The molecule has 0 aromatic heterocycles. The Hall–Kier alpha value is -6.03. The minimum absolute atomic E-state index is 0. The number of aryl methyl sites for hydroxylation is 6. The van der Waals surface area contributed by atoms with Gasteiger partial charge in [0.1, 0.15) is 11.4 Å². The average Bonchev–Trinajstić information content (AvgIpc) is 0.815. The van der Waals surface area contributed by atoms with Crippen LogP contribution in [0.1, 0.15) is 474 Å². The number of aromatic carboxylic acids is 2. The predicted octanol–water partition coefficient (Wildman–Crippen LogP) is 28.9. The number of phenols is 4. The Morgan fingerprint density at radius 2 is 0.500 bits per heavy atom. The van der Waals surface area contributed by atoms with Crippen molar-refractivity contribution < 1.29 is 56.7 Å². The number of carboxylic acids is 2. The van der Waals surface area contributed by atoms with E-state index < -0.39 is 34.9 Å². The van der Waals surface area contributed by atoms with Crippen molar-refractivity contribution in [3.8, 4) is 46.7 Å². The molecule has 0 bridgehead atoms. The SMILES string of the molecule is CCCCCCCCCCCCCCCCCCCCC#CC(=Nc1cc(CCCCC)cc(CCCCC)c1)C(C#CCCCCCCCCCCCCCCCCCCCCCCCCC)=Nc1cc(CCCCC)cc(CCCCC)c1.CCc1cc(O)c(O)c(C(=O)[O-])c1C.CCc1cc(O)c(O)c(C(=O)[O-])c1C.[Ni+2]. The Morgan fingerprint density at radius 1 is 0.298 bits per heavy atom. The van der Waals surface area contributed by atoms with Crippen molar-refractivity contribution in [1.29, 1.82) is 0 Å². The van der Waals surface area contributed by atoms with Crippen molar-refractivity contribution in [2.24, 2.45) is 9.98 Å². The molecule has 0 fully saturated rings. The fraction of sp³-hybridized carbons (Fsp3) is 0.689. The van der Waals surface area contributed by atoms with E-state index in [1.807, 2.05) is 13.8 Å². The van der Waals surface area contributed by atoms with Gasteiger partial charge in [0.25, 0.3) is 0 Å². The first kappa shape index (κ1) is 106. The summed E-state index contributed by atoms with van der Waals surface area (Å²) < 4.78 is 0. The molecule has 0 aliphatic rings. The molecule has 644 valence electrons. The zero-order chi connectivity index (χ0) is 82.6. The van der Waals surface area contributed by atoms with Gasteiger partial charge in [0, 0.05) is 24.0 Å². The molecule has 114 heavy (non-hydrogen) atoms. The second-order valence-electron chi connectivity index (χ2n) is 32.7. The number of unbranched alkanes of at least 4 members (excludes halogenated alkanes) is 49. The van der Waals surface area contributed by atoms with Crippen LogP contribution in [0.15, 0.2) is 58.5 Å². The molecule has 0 saturated carbocycles. The number of hydrogen-bond donors (Lipinski definition) is 4. The van der Waals surface area contributed by atoms with Crippen LogP contribution >= 0.6 is 0 Å². The second kappa shape index (κ2) is 72.2. The van der Waals surface area contributed by atoms with Crippen LogP contribution in [0.2, 0.25) is 0 Å². The summed E-state index contributed by atoms with van der Waals surface area (Å²) in [6.45, 7) is 20.7. The predicted molar refractivity (Wildman–Crippen MR) is 482 cm³/mol. The van der Waals surface area contributed by atoms with Crippen molar-refractivity contribution >= 4 is 34.7 Å². The van der Waals surface area contributed by atoms with E-state index in [9.17, 15) is 40.2 Å². The van der Waals surface area contributed by atoms with Crippen molar-refractivity contribution in [3.05, 3.63) is 104 Å². The third kappa shape index (κ3) is 51.2. The van der Waals surface area contributed by atoms with Crippen LogP contribution in [0.25, 0.3) is 0 Å². The molecule has 0 aliphatic heterocycles. The van der Waals surface area contributed by atoms with Crippen molar-refractivity contribution in [2.75, 3.05) is 0 Å². The van der Waals surface area contributed by atoms with Crippen LogP contribution in [-0.2, 0) is 55.0 Å². The number of carboxylic acid groups (broad SMARTS) is 2. The number of phenolic OH excluding ortho intramolecular Hbond substituents is 2. The Morgan fingerprint density at radius 3 is 0.702 bits per heavy atom. The zero-order valence-electron chi connectivity index (χ0n) is 74.4. The fourth-order valence-corrected chi connectivity index (χ4v) is 15.3. The van der Waals surface area contributed by atoms with Gasteiger partial charge in [-0.25, -0.2) is 9.98 Å². The first-order valence-electron chi connectivity index (χ1n) is 47.0. The van der Waals surface area contributed by atoms with Crippen LogP contribution in [0.5, 0.6) is 23.0 Å². The molecule has 4 rings (SSSR count). The monoisotopic (exact) mass is 1620 g/mol. The van der Waals surface area contributed by atoms with Gasteiger partial charge in [0.2, 0.25) is 0 Å². The largest absolute Gasteiger partial charge is 2.00 e. The molecule has 0 aliphatic carbocycles. The summed E-state index contributed by atoms with van der Waals surface area (Å²) in [5, 5.41) is 58.4. The van der Waals surface area contributed by atoms with Crippen LogP contribution in [-0.4, -0.2) is 43.8 Å². The molecule has 4 N–H and O–H groups in total. The van der Waals surface area contributed by atoms with E-state index in [1.165, 1.54) is 362 Å². The number of aliphatic imine (C=N–C) groups is 2. The number of benzene rings is 4. The molecule has 0 unspecified atom stereocenters. The smallest absolute Gasteiger partial charge is 0.545 e. The van der Waals surface area contributed by atoms with E-state index in [2.05, 4.69) is 102 Å². The Kier molecular flexibility index (Phi) is 67.1. The number of aromatic hydroxyl groups is 4. The number of nitrogens with zero attached hydrogens (tertiary/aromatic N) is 2. The van der Waals surface area contributed by atoms with Gasteiger partial charge in [0.15, 0.2) is 23.0 Å². The third-order valence-electron chi connectivity index (χ3n) is 22.5. The van der Waals surface area contributed by atoms with Crippen LogP contribution in [0.4, 0.5) is 11.4 Å². The quantitative estimate of drug-likeness (QED) is 0.0111. The van der Waals surface area contributed by atoms with Gasteiger partial charge in [-0.05, 0) is 184 Å². The molecule has 0 heterocycles. The summed E-state index contributed by atoms with van der Waals surface area (Å²) in [5.41, 5.74) is 10.8. The second-order valence-corrected chi connectivity index (χ2v) is 32.7. The normalized spacial score (nSPS) is 11.3. The van der Waals surface area contributed by atoms with E-state index >= 15 is 0 Å². The molecule has 10 nitrogen and oxygen atoms in total. The van der Waals surface area contributed by atoms with Crippen molar-refractivity contribution in [3.63, 3.8) is 0 Å². The number of carbonyl (C=O) groups excluding carboxylic acids is 2. The molecule has 0 saturated heterocycles. The van der Waals surface area contributed by atoms with Gasteiger partial charge in [-0.15, -0.1) is 0 Å². The standard InChI is InChI=1S/C83H142N2.2C10H12O4.Ni/c1-7-13-19-21-23-25-27-29-31-33-35-37-38-39-40-41-43-45-47-49-51-53-55-57-63-69-83(85-81-74-78(66-60-17-11-5)71-79(75-81)67-61-18-12-6)82(84-80-72-76(64-58-15-9-3)70-77(73-80)65-59-16-10-4)68-62-56-54-52-50-48-46-44-42-36-34-32-30-28-26-24-22-20-14-8-2;2*1-3-6-4-7(11)9(12)8(5(6)2)10(13)14;/h70-75H,7-61,64-67H2,1-6H3;2*4,11-12H,3H2,1-2H3,(H,13,14);/q;;;+2/p-2. The van der Waals surface area contributed by atoms with Gasteiger partial charge in [0.05, 0.1) is 23.3 Å². The van der Waals surface area contributed by atoms with E-state index in [1.54, 1.807) is 13.8 Å². The summed E-state index contributed by atoms with van der Waals surface area (Å²) in [6.07, 6.45) is 79.8. The summed E-state index contributed by atoms with van der Waals surface area (Å²) in [5.74, 6) is 9.66. The summed E-state index contributed by atoms with van der Waals surface area (Å²) in [7, 11) is 0. The topological polar surface area (TPSA) is 186 Å². The number of hydrogen-bond acceptors (Lipinski definition) is 10. The molecule has 0 atom stereocenters. The van der Waals surface area contributed by atoms with E-state index in [0.29, 0.717) is 35.1 Å². The number of carbonyl (C=O) groups is 2. The van der Waals surface area contributed by atoms with E-state index in [0.717, 1.165) is 74.2 Å². The van der Waals surface area contributed by atoms with Gasteiger partial charge in [-0.1, -0.05) is 381 Å². The van der Waals surface area contributed by atoms with Crippen LogP contribution < -0.4 is 10.2 Å². The minimum atomic E-state index is -1.48. The maximum absolute atomic E-state index is 10.7. The summed E-state index contributed by atoms with van der Waals surface area (Å²) >= 11 is 0. The molecular weight excluding hydrogens is 1450 g/mol. The average molecular weight is 1620 g/mol. The molecule has 4 aromatic rings. The molecule has 0 spiro atoms. The molecule has 11 heteroatoms. The molecule has 0 radical (unpaired) electrons. The van der Waals surface area contributed by atoms with Crippen LogP contribution in [0.3, 0.4) is 0 Å². The maximum Gasteiger partial charge on any atom is 2.00 e. The van der Waals surface area contributed by atoms with Gasteiger partial charge >= 0.3 is 16.5 Å². The van der Waals surface area contributed by atoms with E-state index in [4.69, 9.17) is 9.98 Å². The molecule has 0 amide bonds. The Bertz CT molecular complexity index is 3190. The van der Waals surface area contributed by atoms with Crippen molar-refractivity contribution in [1.82, 2.24) is 0 Å². The van der Waals surface area contributed by atoms with Gasteiger partial charge in [-0.3, -0.25) is 0 Å². The molecular formula is C103H164N2NiO8.